The molecule has 0 saturated carbocycles. The number of hydrogen-bond donors (Lipinski definition) is 2. The lowest BCUT2D eigenvalue weighted by Crippen LogP contribution is -2.14. The van der Waals surface area contributed by atoms with Crippen LogP contribution in [0.15, 0.2) is 24.3 Å². The van der Waals surface area contributed by atoms with Crippen LogP contribution in [0, 0.1) is 0 Å². The van der Waals surface area contributed by atoms with Crippen molar-refractivity contribution in [2.24, 2.45) is 0 Å². The molecule has 0 spiro atoms. The zero-order valence-corrected chi connectivity index (χ0v) is 11.1. The maximum absolute atomic E-state index is 10.5. The summed E-state index contributed by atoms with van der Waals surface area (Å²) in [5, 5.41) is 12.1. The molecule has 0 fully saturated rings. The summed E-state index contributed by atoms with van der Waals surface area (Å²) in [5.74, 6) is -0.781. The first-order chi connectivity index (χ1) is 8.72. The molecule has 3 nitrogen and oxygen atoms in total. The summed E-state index contributed by atoms with van der Waals surface area (Å²) < 4.78 is 0. The van der Waals surface area contributed by atoms with Gasteiger partial charge in [-0.25, -0.2) is 0 Å². The molecule has 0 aliphatic rings. The van der Waals surface area contributed by atoms with Crippen molar-refractivity contribution in [1.82, 2.24) is 5.32 Å². The summed E-state index contributed by atoms with van der Waals surface area (Å²) in [7, 11) is 0. The Balaban J connectivity index is 2.20. The van der Waals surface area contributed by atoms with Crippen LogP contribution in [0.3, 0.4) is 0 Å². The van der Waals surface area contributed by atoms with Gasteiger partial charge >= 0.3 is 5.97 Å². The smallest absolute Gasteiger partial charge is 0.307 e. The topological polar surface area (TPSA) is 49.3 Å². The van der Waals surface area contributed by atoms with Gasteiger partial charge in [-0.3, -0.25) is 4.79 Å². The predicted octanol–water partition coefficient (Wildman–Crippen LogP) is 2.98. The molecule has 0 aliphatic heterocycles. The zero-order valence-electron chi connectivity index (χ0n) is 11.1. The first-order valence-electron chi connectivity index (χ1n) is 6.72. The van der Waals surface area contributed by atoms with Gasteiger partial charge in [0.05, 0.1) is 6.42 Å². The van der Waals surface area contributed by atoms with Crippen LogP contribution in [0.1, 0.15) is 43.7 Å². The molecule has 100 valence electrons. The Labute approximate surface area is 109 Å². The first-order valence-corrected chi connectivity index (χ1v) is 6.72. The fourth-order valence-electron chi connectivity index (χ4n) is 1.86. The molecule has 0 atom stereocenters. The van der Waals surface area contributed by atoms with Crippen molar-refractivity contribution in [2.75, 3.05) is 6.54 Å². The molecule has 0 heterocycles. The van der Waals surface area contributed by atoms with Gasteiger partial charge in [-0.05, 0) is 24.1 Å². The minimum atomic E-state index is -0.781. The van der Waals surface area contributed by atoms with Gasteiger partial charge in [-0.1, -0.05) is 50.5 Å². The highest BCUT2D eigenvalue weighted by Crippen LogP contribution is 2.05. The lowest BCUT2D eigenvalue weighted by atomic mass is 10.1. The normalized spacial score (nSPS) is 10.5. The molecule has 1 rings (SSSR count). The molecule has 0 bridgehead atoms. The van der Waals surface area contributed by atoms with Crippen LogP contribution in [-0.2, 0) is 17.8 Å². The Hall–Kier alpha value is -1.35. The number of nitrogens with one attached hydrogen (secondary N) is 1. The molecule has 0 saturated heterocycles. The second-order valence-electron chi connectivity index (χ2n) is 4.62. The largest absolute Gasteiger partial charge is 0.481 e. The van der Waals surface area contributed by atoms with Crippen LogP contribution in [-0.4, -0.2) is 17.6 Å². The van der Waals surface area contributed by atoms with Crippen LogP contribution in [0.25, 0.3) is 0 Å². The second kappa shape index (κ2) is 8.70. The Morgan fingerprint density at radius 2 is 1.78 bits per heavy atom. The van der Waals surface area contributed by atoms with Gasteiger partial charge in [0.15, 0.2) is 0 Å². The van der Waals surface area contributed by atoms with Crippen molar-refractivity contribution in [1.29, 1.82) is 0 Å². The third-order valence-corrected chi connectivity index (χ3v) is 2.91. The summed E-state index contributed by atoms with van der Waals surface area (Å²) in [4.78, 5) is 10.5. The van der Waals surface area contributed by atoms with Gasteiger partial charge in [0, 0.05) is 6.54 Å². The molecule has 0 unspecified atom stereocenters. The molecule has 18 heavy (non-hydrogen) atoms. The number of carbonyl (C=O) groups is 1. The van der Waals surface area contributed by atoms with E-state index in [1.807, 2.05) is 24.3 Å². The van der Waals surface area contributed by atoms with Crippen LogP contribution in [0.4, 0.5) is 0 Å². The fraction of sp³-hybridized carbons (Fsp3) is 0.533. The van der Waals surface area contributed by atoms with E-state index < -0.39 is 5.97 Å². The van der Waals surface area contributed by atoms with E-state index in [4.69, 9.17) is 5.11 Å². The number of hydrogen-bond acceptors (Lipinski definition) is 2. The van der Waals surface area contributed by atoms with Crippen molar-refractivity contribution in [3.05, 3.63) is 35.4 Å². The average Bonchev–Trinajstić information content (AvgIpc) is 2.35. The highest BCUT2D eigenvalue weighted by atomic mass is 16.4. The number of unbranched alkanes of at least 4 members (excludes halogenated alkanes) is 3. The Morgan fingerprint density at radius 1 is 1.11 bits per heavy atom. The van der Waals surface area contributed by atoms with Crippen LogP contribution in [0.2, 0.25) is 0 Å². The number of aliphatic carboxylic acids is 1. The van der Waals surface area contributed by atoms with Crippen molar-refractivity contribution in [3.63, 3.8) is 0 Å². The van der Waals surface area contributed by atoms with E-state index in [1.165, 1.54) is 31.2 Å². The van der Waals surface area contributed by atoms with Crippen molar-refractivity contribution in [2.45, 2.75) is 45.6 Å². The predicted molar refractivity (Wildman–Crippen MR) is 73.6 cm³/mol. The zero-order chi connectivity index (χ0) is 13.2. The fourth-order valence-corrected chi connectivity index (χ4v) is 1.86. The molecular weight excluding hydrogens is 226 g/mol. The summed E-state index contributed by atoms with van der Waals surface area (Å²) in [6, 6.07) is 7.78. The quantitative estimate of drug-likeness (QED) is 0.661. The van der Waals surface area contributed by atoms with Gasteiger partial charge in [-0.15, -0.1) is 0 Å². The lowest BCUT2D eigenvalue weighted by molar-refractivity contribution is -0.136. The lowest BCUT2D eigenvalue weighted by Gasteiger charge is -2.05. The van der Waals surface area contributed by atoms with E-state index in [0.717, 1.165) is 18.7 Å². The number of carboxylic acid groups (broad SMARTS) is 1. The van der Waals surface area contributed by atoms with Crippen LogP contribution < -0.4 is 5.32 Å². The monoisotopic (exact) mass is 249 g/mol. The molecule has 1 aromatic carbocycles. The maximum atomic E-state index is 10.5. The average molecular weight is 249 g/mol. The molecule has 2 N–H and O–H groups in total. The SMILES string of the molecule is CCCCCCNCc1ccc(CC(=O)O)cc1. The first kappa shape index (κ1) is 14.7. The Kier molecular flexibility index (Phi) is 7.11. The molecule has 3 heteroatoms. The van der Waals surface area contributed by atoms with E-state index in [1.54, 1.807) is 0 Å². The molecule has 1 aromatic rings. The summed E-state index contributed by atoms with van der Waals surface area (Å²) >= 11 is 0. The van der Waals surface area contributed by atoms with Crippen molar-refractivity contribution >= 4 is 5.97 Å². The summed E-state index contributed by atoms with van der Waals surface area (Å²) in [5.41, 5.74) is 2.06. The van der Waals surface area contributed by atoms with E-state index in [-0.39, 0.29) is 6.42 Å². The standard InChI is InChI=1S/C15H23NO2/c1-2-3-4-5-10-16-12-14-8-6-13(7-9-14)11-15(17)18/h6-9,16H,2-5,10-12H2,1H3,(H,17,18). The molecular formula is C15H23NO2. The minimum Gasteiger partial charge on any atom is -0.481 e. The van der Waals surface area contributed by atoms with E-state index in [2.05, 4.69) is 12.2 Å². The third kappa shape index (κ3) is 6.40. The van der Waals surface area contributed by atoms with Crippen molar-refractivity contribution in [3.8, 4) is 0 Å². The highest BCUT2D eigenvalue weighted by molar-refractivity contribution is 5.70. The Morgan fingerprint density at radius 3 is 2.39 bits per heavy atom. The molecule has 0 radical (unpaired) electrons. The maximum Gasteiger partial charge on any atom is 0.307 e. The molecule has 0 aromatic heterocycles. The van der Waals surface area contributed by atoms with Gasteiger partial charge < -0.3 is 10.4 Å². The second-order valence-corrected chi connectivity index (χ2v) is 4.62. The number of rotatable bonds is 9. The van der Waals surface area contributed by atoms with Gasteiger partial charge in [-0.2, -0.15) is 0 Å². The summed E-state index contributed by atoms with van der Waals surface area (Å²) in [6.07, 6.45) is 5.20. The van der Waals surface area contributed by atoms with Gasteiger partial charge in [0.2, 0.25) is 0 Å². The van der Waals surface area contributed by atoms with Gasteiger partial charge in [0.1, 0.15) is 0 Å². The van der Waals surface area contributed by atoms with Crippen molar-refractivity contribution < 1.29 is 9.90 Å². The van der Waals surface area contributed by atoms with E-state index in [9.17, 15) is 4.79 Å². The van der Waals surface area contributed by atoms with Crippen LogP contribution >= 0.6 is 0 Å². The highest BCUT2D eigenvalue weighted by Gasteiger charge is 2.00. The Bertz CT molecular complexity index is 346. The molecule has 0 aliphatic carbocycles. The molecule has 0 amide bonds. The van der Waals surface area contributed by atoms with E-state index in [0.29, 0.717) is 0 Å². The minimum absolute atomic E-state index is 0.102. The van der Waals surface area contributed by atoms with Crippen LogP contribution in [0.5, 0.6) is 0 Å². The van der Waals surface area contributed by atoms with E-state index >= 15 is 0 Å². The number of carboxylic acids is 1. The third-order valence-electron chi connectivity index (χ3n) is 2.91. The number of benzene rings is 1. The van der Waals surface area contributed by atoms with Gasteiger partial charge in [0.25, 0.3) is 0 Å². The summed E-state index contributed by atoms with van der Waals surface area (Å²) in [6.45, 7) is 4.13.